The summed E-state index contributed by atoms with van der Waals surface area (Å²) >= 11 is 3.38. The molecule has 0 aliphatic carbocycles. The molecule has 0 bridgehead atoms. The molecule has 19 heavy (non-hydrogen) atoms. The van der Waals surface area contributed by atoms with Crippen LogP contribution in [0.2, 0.25) is 0 Å². The van der Waals surface area contributed by atoms with Crippen molar-refractivity contribution in [2.24, 2.45) is 0 Å². The minimum Gasteiger partial charge on any atom is -0.508 e. The third-order valence-electron chi connectivity index (χ3n) is 2.71. The van der Waals surface area contributed by atoms with Crippen molar-refractivity contribution in [2.45, 2.75) is 0 Å². The summed E-state index contributed by atoms with van der Waals surface area (Å²) in [6.07, 6.45) is 0. The van der Waals surface area contributed by atoms with Crippen molar-refractivity contribution in [3.63, 3.8) is 0 Å². The molecule has 3 nitrogen and oxygen atoms in total. The fourth-order valence-electron chi connectivity index (χ4n) is 1.84. The largest absolute Gasteiger partial charge is 0.508 e. The van der Waals surface area contributed by atoms with Gasteiger partial charge in [-0.2, -0.15) is 0 Å². The Morgan fingerprint density at radius 1 is 1.00 bits per heavy atom. The molecule has 0 atom stereocenters. The normalized spacial score (nSPS) is 10.6. The number of aromatic nitrogens is 1. The first kappa shape index (κ1) is 12.0. The van der Waals surface area contributed by atoms with E-state index >= 15 is 0 Å². The number of hydrogen-bond acceptors (Lipinski definition) is 3. The first-order valence-electron chi connectivity index (χ1n) is 5.74. The molecule has 3 aromatic rings. The second kappa shape index (κ2) is 4.90. The van der Waals surface area contributed by atoms with Crippen LogP contribution in [-0.4, -0.2) is 10.1 Å². The second-order valence-corrected chi connectivity index (χ2v) is 4.87. The van der Waals surface area contributed by atoms with Crippen LogP contribution in [0.5, 0.6) is 17.2 Å². The maximum Gasteiger partial charge on any atom is 0.139 e. The Morgan fingerprint density at radius 3 is 2.53 bits per heavy atom. The Labute approximate surface area is 118 Å². The second-order valence-electron chi connectivity index (χ2n) is 4.06. The van der Waals surface area contributed by atoms with Gasteiger partial charge < -0.3 is 9.84 Å². The van der Waals surface area contributed by atoms with Crippen molar-refractivity contribution in [2.75, 3.05) is 0 Å². The standard InChI is InChI=1S/C15H10BrNO2/c16-15-9-14(12-3-1-2-4-13(12)17-15)19-11-7-5-10(18)6-8-11/h1-9,18H. The molecule has 0 aliphatic rings. The highest BCUT2D eigenvalue weighted by atomic mass is 79.9. The van der Waals surface area contributed by atoms with Gasteiger partial charge >= 0.3 is 0 Å². The molecule has 1 N–H and O–H groups in total. The lowest BCUT2D eigenvalue weighted by atomic mass is 10.2. The number of aromatic hydroxyl groups is 1. The van der Waals surface area contributed by atoms with Crippen molar-refractivity contribution in [1.29, 1.82) is 0 Å². The molecule has 1 aromatic heterocycles. The van der Waals surface area contributed by atoms with Crippen molar-refractivity contribution in [3.8, 4) is 17.2 Å². The van der Waals surface area contributed by atoms with Crippen LogP contribution in [-0.2, 0) is 0 Å². The van der Waals surface area contributed by atoms with E-state index in [4.69, 9.17) is 4.74 Å². The van der Waals surface area contributed by atoms with Gasteiger partial charge in [0.2, 0.25) is 0 Å². The zero-order valence-corrected chi connectivity index (χ0v) is 11.5. The van der Waals surface area contributed by atoms with Crippen LogP contribution < -0.4 is 4.74 Å². The van der Waals surface area contributed by atoms with E-state index in [0.717, 1.165) is 21.3 Å². The molecule has 0 saturated carbocycles. The molecule has 3 rings (SSSR count). The first-order valence-corrected chi connectivity index (χ1v) is 6.54. The van der Waals surface area contributed by atoms with Crippen molar-refractivity contribution < 1.29 is 9.84 Å². The van der Waals surface area contributed by atoms with Gasteiger partial charge in [0.1, 0.15) is 21.9 Å². The maximum atomic E-state index is 9.27. The highest BCUT2D eigenvalue weighted by Crippen LogP contribution is 2.31. The summed E-state index contributed by atoms with van der Waals surface area (Å²) in [6.45, 7) is 0. The van der Waals surface area contributed by atoms with Crippen LogP contribution in [0, 0.1) is 0 Å². The van der Waals surface area contributed by atoms with Crippen LogP contribution in [0.4, 0.5) is 0 Å². The number of benzene rings is 2. The number of ether oxygens (including phenoxy) is 1. The van der Waals surface area contributed by atoms with Gasteiger partial charge in [0.15, 0.2) is 0 Å². The maximum absolute atomic E-state index is 9.27. The monoisotopic (exact) mass is 315 g/mol. The molecule has 0 aliphatic heterocycles. The molecule has 0 radical (unpaired) electrons. The molecule has 0 spiro atoms. The number of halogens is 1. The fraction of sp³-hybridized carbons (Fsp3) is 0. The number of rotatable bonds is 2. The van der Waals surface area contributed by atoms with E-state index in [9.17, 15) is 5.11 Å². The van der Waals surface area contributed by atoms with E-state index < -0.39 is 0 Å². The summed E-state index contributed by atoms with van der Waals surface area (Å²) in [4.78, 5) is 4.39. The van der Waals surface area contributed by atoms with Crippen LogP contribution in [0.15, 0.2) is 59.2 Å². The highest BCUT2D eigenvalue weighted by molar-refractivity contribution is 9.10. The average Bonchev–Trinajstić information content (AvgIpc) is 2.41. The van der Waals surface area contributed by atoms with Gasteiger partial charge in [-0.25, -0.2) is 4.98 Å². The predicted octanol–water partition coefficient (Wildman–Crippen LogP) is 4.50. The molecule has 0 saturated heterocycles. The lowest BCUT2D eigenvalue weighted by Gasteiger charge is -2.09. The molecular weight excluding hydrogens is 306 g/mol. The molecule has 0 amide bonds. The quantitative estimate of drug-likeness (QED) is 0.708. The molecule has 2 aromatic carbocycles. The molecular formula is C15H10BrNO2. The van der Waals surface area contributed by atoms with Crippen molar-refractivity contribution in [1.82, 2.24) is 4.98 Å². The van der Waals surface area contributed by atoms with Crippen molar-refractivity contribution in [3.05, 3.63) is 59.2 Å². The summed E-state index contributed by atoms with van der Waals surface area (Å²) in [7, 11) is 0. The predicted molar refractivity (Wildman–Crippen MR) is 77.6 cm³/mol. The minimum atomic E-state index is 0.216. The third-order valence-corrected chi connectivity index (χ3v) is 3.12. The summed E-state index contributed by atoms with van der Waals surface area (Å²) in [5.74, 6) is 1.61. The van der Waals surface area contributed by atoms with Gasteiger partial charge in [-0.1, -0.05) is 12.1 Å². The van der Waals surface area contributed by atoms with Crippen LogP contribution in [0.3, 0.4) is 0 Å². The Kier molecular flexibility index (Phi) is 3.09. The molecule has 94 valence electrons. The SMILES string of the molecule is Oc1ccc(Oc2cc(Br)nc3ccccc23)cc1. The van der Waals surface area contributed by atoms with Gasteiger partial charge in [-0.15, -0.1) is 0 Å². The number of fused-ring (bicyclic) bond motifs is 1. The molecule has 4 heteroatoms. The number of phenols is 1. The number of hydrogen-bond donors (Lipinski definition) is 1. The van der Waals surface area contributed by atoms with E-state index in [1.54, 1.807) is 24.3 Å². The number of nitrogens with zero attached hydrogens (tertiary/aromatic N) is 1. The Bertz CT molecular complexity index is 726. The lowest BCUT2D eigenvalue weighted by Crippen LogP contribution is -1.88. The van der Waals surface area contributed by atoms with Crippen LogP contribution >= 0.6 is 15.9 Å². The van der Waals surface area contributed by atoms with E-state index in [-0.39, 0.29) is 5.75 Å². The van der Waals surface area contributed by atoms with Gasteiger partial charge in [0.05, 0.1) is 5.52 Å². The van der Waals surface area contributed by atoms with Gasteiger partial charge in [-0.05, 0) is 52.3 Å². The lowest BCUT2D eigenvalue weighted by molar-refractivity contribution is 0.466. The number of para-hydroxylation sites is 1. The smallest absolute Gasteiger partial charge is 0.139 e. The van der Waals surface area contributed by atoms with E-state index in [1.165, 1.54) is 0 Å². The Balaban J connectivity index is 2.07. The van der Waals surface area contributed by atoms with Gasteiger partial charge in [0, 0.05) is 11.5 Å². The number of phenolic OH excluding ortho intramolecular Hbond substituents is 1. The minimum absolute atomic E-state index is 0.216. The molecule has 0 fully saturated rings. The van der Waals surface area contributed by atoms with Crippen LogP contribution in [0.1, 0.15) is 0 Å². The van der Waals surface area contributed by atoms with E-state index in [1.807, 2.05) is 30.3 Å². The summed E-state index contributed by atoms with van der Waals surface area (Å²) in [5.41, 5.74) is 0.866. The Hall–Kier alpha value is -2.07. The highest BCUT2D eigenvalue weighted by Gasteiger charge is 2.06. The van der Waals surface area contributed by atoms with E-state index in [2.05, 4.69) is 20.9 Å². The molecule has 1 heterocycles. The van der Waals surface area contributed by atoms with Crippen LogP contribution in [0.25, 0.3) is 10.9 Å². The van der Waals surface area contributed by atoms with Gasteiger partial charge in [-0.3, -0.25) is 0 Å². The average molecular weight is 316 g/mol. The summed E-state index contributed by atoms with van der Waals surface area (Å²) < 4.78 is 6.57. The first-order chi connectivity index (χ1) is 9.22. The van der Waals surface area contributed by atoms with Gasteiger partial charge in [0.25, 0.3) is 0 Å². The van der Waals surface area contributed by atoms with Crippen molar-refractivity contribution >= 4 is 26.8 Å². The topological polar surface area (TPSA) is 42.4 Å². The fourth-order valence-corrected chi connectivity index (χ4v) is 2.24. The number of pyridine rings is 1. The Morgan fingerprint density at radius 2 is 1.74 bits per heavy atom. The van der Waals surface area contributed by atoms with E-state index in [0.29, 0.717) is 5.75 Å². The zero-order chi connectivity index (χ0) is 13.2. The third kappa shape index (κ3) is 2.53. The molecule has 0 unspecified atom stereocenters. The zero-order valence-electron chi connectivity index (χ0n) is 9.88. The summed E-state index contributed by atoms with van der Waals surface area (Å²) in [6, 6.07) is 16.2. The summed E-state index contributed by atoms with van der Waals surface area (Å²) in [5, 5.41) is 10.2.